The summed E-state index contributed by atoms with van der Waals surface area (Å²) in [4.78, 5) is 20.5. The van der Waals surface area contributed by atoms with Crippen LogP contribution in [0.3, 0.4) is 0 Å². The standard InChI is InChI=1S/C25H19N5OS/c1-32-21-12-10-18(11-13-21)20-9-5-6-17(14-20)16-27-30-25-28-23(19-7-3-2-4-8-19)22(15-26)24(31)29-25/h2-14,16H,1H3,(H2,28,29,30,31). The van der Waals surface area contributed by atoms with E-state index in [-0.39, 0.29) is 11.5 Å². The lowest BCUT2D eigenvalue weighted by Gasteiger charge is -2.06. The van der Waals surface area contributed by atoms with Crippen molar-refractivity contribution in [3.05, 3.63) is 100 Å². The van der Waals surface area contributed by atoms with Crippen LogP contribution in [0.1, 0.15) is 11.1 Å². The van der Waals surface area contributed by atoms with Crippen molar-refractivity contribution in [1.29, 1.82) is 5.26 Å². The average molecular weight is 438 g/mol. The molecule has 4 aromatic rings. The molecule has 7 heteroatoms. The molecular formula is C25H19N5OS. The Bertz CT molecular complexity index is 1360. The van der Waals surface area contributed by atoms with E-state index in [0.29, 0.717) is 11.3 Å². The van der Waals surface area contributed by atoms with Gasteiger partial charge >= 0.3 is 0 Å². The summed E-state index contributed by atoms with van der Waals surface area (Å²) in [5, 5.41) is 13.6. The average Bonchev–Trinajstić information content (AvgIpc) is 2.84. The second-order valence-electron chi connectivity index (χ2n) is 6.84. The van der Waals surface area contributed by atoms with Crippen LogP contribution in [0.5, 0.6) is 0 Å². The van der Waals surface area contributed by atoms with Gasteiger partial charge in [-0.3, -0.25) is 9.78 Å². The fourth-order valence-corrected chi connectivity index (χ4v) is 3.59. The van der Waals surface area contributed by atoms with Gasteiger partial charge in [0, 0.05) is 10.5 Å². The molecular weight excluding hydrogens is 418 g/mol. The zero-order chi connectivity index (χ0) is 22.3. The lowest BCUT2D eigenvalue weighted by molar-refractivity contribution is 1.08. The van der Waals surface area contributed by atoms with Crippen molar-refractivity contribution in [1.82, 2.24) is 9.97 Å². The number of rotatable bonds is 6. The SMILES string of the molecule is CSc1ccc(-c2cccc(C=NNc3nc(-c4ccccc4)c(C#N)c(=O)[nH]3)c2)cc1. The molecule has 0 radical (unpaired) electrons. The van der Waals surface area contributed by atoms with E-state index < -0.39 is 5.56 Å². The van der Waals surface area contributed by atoms with E-state index in [1.807, 2.05) is 48.5 Å². The molecule has 0 saturated carbocycles. The molecule has 0 atom stereocenters. The molecule has 0 amide bonds. The fraction of sp³-hybridized carbons (Fsp3) is 0.0400. The van der Waals surface area contributed by atoms with Gasteiger partial charge in [0.1, 0.15) is 11.6 Å². The van der Waals surface area contributed by atoms with Gasteiger partial charge in [-0.2, -0.15) is 10.4 Å². The quantitative estimate of drug-likeness (QED) is 0.247. The molecule has 2 N–H and O–H groups in total. The highest BCUT2D eigenvalue weighted by molar-refractivity contribution is 7.98. The van der Waals surface area contributed by atoms with E-state index in [1.54, 1.807) is 30.1 Å². The molecule has 32 heavy (non-hydrogen) atoms. The molecule has 0 aliphatic rings. The van der Waals surface area contributed by atoms with Crippen LogP contribution in [-0.2, 0) is 0 Å². The zero-order valence-corrected chi connectivity index (χ0v) is 18.1. The zero-order valence-electron chi connectivity index (χ0n) is 17.2. The molecule has 0 fully saturated rings. The number of hydrazone groups is 1. The topological polar surface area (TPSA) is 93.9 Å². The number of benzene rings is 3. The number of aromatic nitrogens is 2. The van der Waals surface area contributed by atoms with Crippen LogP contribution in [0.15, 0.2) is 93.7 Å². The molecule has 0 aliphatic carbocycles. The van der Waals surface area contributed by atoms with Gasteiger partial charge in [0.05, 0.1) is 11.9 Å². The number of nitrogens with one attached hydrogen (secondary N) is 2. The maximum Gasteiger partial charge on any atom is 0.270 e. The first-order valence-electron chi connectivity index (χ1n) is 9.81. The summed E-state index contributed by atoms with van der Waals surface area (Å²) in [5.74, 6) is 0.160. The third kappa shape index (κ3) is 4.77. The van der Waals surface area contributed by atoms with Crippen LogP contribution >= 0.6 is 11.8 Å². The van der Waals surface area contributed by atoms with Crippen LogP contribution in [-0.4, -0.2) is 22.4 Å². The van der Waals surface area contributed by atoms with E-state index in [4.69, 9.17) is 0 Å². The van der Waals surface area contributed by atoms with Crippen molar-refractivity contribution in [3.8, 4) is 28.5 Å². The molecule has 4 rings (SSSR count). The third-order valence-corrected chi connectivity index (χ3v) is 5.52. The Balaban J connectivity index is 1.56. The highest BCUT2D eigenvalue weighted by atomic mass is 32.2. The molecule has 3 aromatic carbocycles. The number of hydrogen-bond acceptors (Lipinski definition) is 6. The Morgan fingerprint density at radius 3 is 2.47 bits per heavy atom. The lowest BCUT2D eigenvalue weighted by Crippen LogP contribution is -2.16. The van der Waals surface area contributed by atoms with Crippen molar-refractivity contribution < 1.29 is 0 Å². The summed E-state index contributed by atoms with van der Waals surface area (Å²) in [7, 11) is 0. The van der Waals surface area contributed by atoms with Crippen molar-refractivity contribution in [2.75, 3.05) is 11.7 Å². The van der Waals surface area contributed by atoms with Crippen molar-refractivity contribution >= 4 is 23.9 Å². The first-order valence-corrected chi connectivity index (χ1v) is 11.0. The Morgan fingerprint density at radius 1 is 1.00 bits per heavy atom. The first-order chi connectivity index (χ1) is 15.7. The van der Waals surface area contributed by atoms with E-state index in [0.717, 1.165) is 16.7 Å². The predicted molar refractivity (Wildman–Crippen MR) is 130 cm³/mol. The summed E-state index contributed by atoms with van der Waals surface area (Å²) in [5.41, 5.74) is 6.29. The van der Waals surface area contributed by atoms with Crippen molar-refractivity contribution in [3.63, 3.8) is 0 Å². The maximum absolute atomic E-state index is 12.3. The number of hydrogen-bond donors (Lipinski definition) is 2. The fourth-order valence-electron chi connectivity index (χ4n) is 3.18. The lowest BCUT2D eigenvalue weighted by atomic mass is 10.0. The minimum absolute atomic E-state index is 0.0362. The highest BCUT2D eigenvalue weighted by Gasteiger charge is 2.12. The van der Waals surface area contributed by atoms with Crippen LogP contribution in [0, 0.1) is 11.3 Å². The van der Waals surface area contributed by atoms with Crippen LogP contribution < -0.4 is 11.0 Å². The second-order valence-corrected chi connectivity index (χ2v) is 7.72. The van der Waals surface area contributed by atoms with Crippen LogP contribution in [0.25, 0.3) is 22.4 Å². The normalized spacial score (nSPS) is 10.8. The number of aromatic amines is 1. The number of nitriles is 1. The van der Waals surface area contributed by atoms with Gasteiger partial charge in [-0.25, -0.2) is 10.4 Å². The molecule has 156 valence electrons. The van der Waals surface area contributed by atoms with Crippen molar-refractivity contribution in [2.45, 2.75) is 4.90 Å². The minimum Gasteiger partial charge on any atom is -0.290 e. The summed E-state index contributed by atoms with van der Waals surface area (Å²) in [6.07, 6.45) is 3.71. The van der Waals surface area contributed by atoms with Gasteiger partial charge in [0.15, 0.2) is 0 Å². The Morgan fingerprint density at radius 2 is 1.75 bits per heavy atom. The number of H-pyrrole nitrogens is 1. The molecule has 1 heterocycles. The number of anilines is 1. The molecule has 0 aliphatic heterocycles. The maximum atomic E-state index is 12.3. The highest BCUT2D eigenvalue weighted by Crippen LogP contribution is 2.23. The molecule has 0 spiro atoms. The van der Waals surface area contributed by atoms with E-state index >= 15 is 0 Å². The second kappa shape index (κ2) is 9.77. The van der Waals surface area contributed by atoms with Gasteiger partial charge in [-0.1, -0.05) is 60.7 Å². The van der Waals surface area contributed by atoms with Gasteiger partial charge in [-0.15, -0.1) is 11.8 Å². The Labute approximate surface area is 189 Å². The molecule has 0 bridgehead atoms. The first kappa shape index (κ1) is 21.1. The largest absolute Gasteiger partial charge is 0.290 e. The summed E-state index contributed by atoms with van der Waals surface area (Å²) in [6.45, 7) is 0. The molecule has 0 unspecified atom stereocenters. The van der Waals surface area contributed by atoms with Crippen molar-refractivity contribution in [2.24, 2.45) is 5.10 Å². The summed E-state index contributed by atoms with van der Waals surface area (Å²) in [6, 6.07) is 27.4. The Hall–Kier alpha value is -4.15. The third-order valence-electron chi connectivity index (χ3n) is 4.77. The van der Waals surface area contributed by atoms with Gasteiger partial charge in [0.25, 0.3) is 5.56 Å². The smallest absolute Gasteiger partial charge is 0.270 e. The summed E-state index contributed by atoms with van der Waals surface area (Å²) >= 11 is 1.71. The monoisotopic (exact) mass is 437 g/mol. The van der Waals surface area contributed by atoms with Gasteiger partial charge in [-0.05, 0) is 41.1 Å². The number of nitrogens with zero attached hydrogens (tertiary/aromatic N) is 3. The van der Waals surface area contributed by atoms with Gasteiger partial charge in [0.2, 0.25) is 5.95 Å². The minimum atomic E-state index is -0.519. The van der Waals surface area contributed by atoms with E-state index in [1.165, 1.54) is 4.90 Å². The van der Waals surface area contributed by atoms with E-state index in [2.05, 4.69) is 51.0 Å². The Kier molecular flexibility index (Phi) is 6.44. The molecule has 0 saturated heterocycles. The predicted octanol–water partition coefficient (Wildman–Crippen LogP) is 5.14. The molecule has 1 aromatic heterocycles. The summed E-state index contributed by atoms with van der Waals surface area (Å²) < 4.78 is 0. The molecule has 6 nitrogen and oxygen atoms in total. The van der Waals surface area contributed by atoms with E-state index in [9.17, 15) is 10.1 Å². The van der Waals surface area contributed by atoms with Crippen LogP contribution in [0.4, 0.5) is 5.95 Å². The number of thioether (sulfide) groups is 1. The van der Waals surface area contributed by atoms with Gasteiger partial charge < -0.3 is 0 Å². The van der Waals surface area contributed by atoms with Crippen LogP contribution in [0.2, 0.25) is 0 Å².